The Hall–Kier alpha value is -3.56. The second-order valence-electron chi connectivity index (χ2n) is 8.75. The van der Waals surface area contributed by atoms with Gasteiger partial charge in [0.05, 0.1) is 22.3 Å². The molecule has 1 fully saturated rings. The number of benzene rings is 1. The third-order valence-corrected chi connectivity index (χ3v) is 5.29. The number of piperidine rings is 1. The van der Waals surface area contributed by atoms with Crippen LogP contribution in [0.25, 0.3) is 16.6 Å². The number of amides is 3. The molecule has 164 valence electrons. The fourth-order valence-electron chi connectivity index (χ4n) is 4.00. The minimum atomic E-state index is -0.695. The summed E-state index contributed by atoms with van der Waals surface area (Å²) >= 11 is 0. The molecular weight excluding hydrogens is 400 g/mol. The molecule has 1 aliphatic rings. The van der Waals surface area contributed by atoms with Crippen molar-refractivity contribution in [2.24, 2.45) is 5.73 Å². The summed E-state index contributed by atoms with van der Waals surface area (Å²) in [6.45, 7) is 6.59. The lowest BCUT2D eigenvalue weighted by molar-refractivity contribution is 0.0203. The van der Waals surface area contributed by atoms with Crippen LogP contribution in [0.2, 0.25) is 0 Å². The van der Waals surface area contributed by atoms with E-state index in [1.165, 1.54) is 0 Å². The molecule has 0 saturated carbocycles. The minimum Gasteiger partial charge on any atom is -0.444 e. The topological polar surface area (TPSA) is 135 Å². The standard InChI is InChI=1S/C21H26N6O4/c1-21(2,3)31-20(30)26-9-7-12(8-10-26)15-11-16(28)24-18-17-13(23-19(22)29)5-4-6-14(17)25-27(15)18/h4-6,11-12H,7-10H2,1-3H3,(H,24,28)(H3,22,23,29). The second-order valence-corrected chi connectivity index (χ2v) is 8.75. The average molecular weight is 426 g/mol. The number of primary amides is 1. The lowest BCUT2D eigenvalue weighted by atomic mass is 9.93. The fourth-order valence-corrected chi connectivity index (χ4v) is 4.00. The Morgan fingerprint density at radius 3 is 2.61 bits per heavy atom. The van der Waals surface area contributed by atoms with Crippen LogP contribution < -0.4 is 16.6 Å². The number of urea groups is 1. The fraction of sp³-hybridized carbons (Fsp3) is 0.429. The summed E-state index contributed by atoms with van der Waals surface area (Å²) in [5, 5.41) is 7.85. The molecule has 0 aliphatic carbocycles. The molecule has 1 aromatic carbocycles. The summed E-state index contributed by atoms with van der Waals surface area (Å²) in [6.07, 6.45) is 1.04. The van der Waals surface area contributed by atoms with Crippen molar-refractivity contribution in [3.63, 3.8) is 0 Å². The van der Waals surface area contributed by atoms with E-state index in [1.54, 1.807) is 27.6 Å². The maximum Gasteiger partial charge on any atom is 0.410 e. The van der Waals surface area contributed by atoms with Crippen LogP contribution in [0.15, 0.2) is 29.1 Å². The number of carbonyl (C=O) groups is 2. The van der Waals surface area contributed by atoms with Crippen molar-refractivity contribution in [1.82, 2.24) is 19.5 Å². The van der Waals surface area contributed by atoms with E-state index in [9.17, 15) is 14.4 Å². The molecule has 0 atom stereocenters. The number of nitrogens with zero attached hydrogens (tertiary/aromatic N) is 3. The first kappa shape index (κ1) is 20.7. The quantitative estimate of drug-likeness (QED) is 0.579. The van der Waals surface area contributed by atoms with Gasteiger partial charge < -0.3 is 25.7 Å². The van der Waals surface area contributed by atoms with Crippen LogP contribution in [-0.4, -0.2) is 50.3 Å². The number of aromatic nitrogens is 3. The first-order valence-corrected chi connectivity index (χ1v) is 10.2. The number of likely N-dealkylation sites (tertiary alicyclic amines) is 1. The van der Waals surface area contributed by atoms with E-state index in [4.69, 9.17) is 10.5 Å². The molecule has 0 bridgehead atoms. The van der Waals surface area contributed by atoms with E-state index in [0.29, 0.717) is 48.2 Å². The summed E-state index contributed by atoms with van der Waals surface area (Å²) in [5.41, 5.74) is 6.86. The zero-order chi connectivity index (χ0) is 22.3. The van der Waals surface area contributed by atoms with Gasteiger partial charge in [-0.2, -0.15) is 5.10 Å². The van der Waals surface area contributed by atoms with Gasteiger partial charge in [-0.25, -0.2) is 14.1 Å². The van der Waals surface area contributed by atoms with Crippen LogP contribution in [0.5, 0.6) is 0 Å². The van der Waals surface area contributed by atoms with Gasteiger partial charge in [0.15, 0.2) is 0 Å². The van der Waals surface area contributed by atoms with Gasteiger partial charge in [0.2, 0.25) is 0 Å². The highest BCUT2D eigenvalue weighted by Crippen LogP contribution is 2.32. The van der Waals surface area contributed by atoms with Crippen LogP contribution >= 0.6 is 0 Å². The normalized spacial score (nSPS) is 15.4. The van der Waals surface area contributed by atoms with Crippen LogP contribution in [0.1, 0.15) is 45.2 Å². The number of hydrogen-bond donors (Lipinski definition) is 3. The average Bonchev–Trinajstić information content (AvgIpc) is 3.05. The number of H-pyrrole nitrogens is 1. The number of carbonyl (C=O) groups excluding carboxylic acids is 2. The van der Waals surface area contributed by atoms with Crippen LogP contribution in [-0.2, 0) is 4.74 Å². The van der Waals surface area contributed by atoms with Crippen molar-refractivity contribution in [1.29, 1.82) is 0 Å². The molecule has 0 radical (unpaired) electrons. The molecule has 1 aliphatic heterocycles. The monoisotopic (exact) mass is 426 g/mol. The summed E-state index contributed by atoms with van der Waals surface area (Å²) in [7, 11) is 0. The molecule has 1 saturated heterocycles. The van der Waals surface area contributed by atoms with Crippen LogP contribution in [0.3, 0.4) is 0 Å². The van der Waals surface area contributed by atoms with E-state index in [2.05, 4.69) is 15.4 Å². The Morgan fingerprint density at radius 2 is 1.97 bits per heavy atom. The molecule has 2 aromatic heterocycles. The van der Waals surface area contributed by atoms with Gasteiger partial charge in [-0.1, -0.05) is 6.07 Å². The Balaban J connectivity index is 1.67. The second kappa shape index (κ2) is 7.60. The Labute approximate surface area is 178 Å². The lowest BCUT2D eigenvalue weighted by Gasteiger charge is -2.33. The Kier molecular flexibility index (Phi) is 5.08. The Morgan fingerprint density at radius 1 is 1.26 bits per heavy atom. The van der Waals surface area contributed by atoms with E-state index in [1.807, 2.05) is 26.8 Å². The number of hydrogen-bond acceptors (Lipinski definition) is 5. The van der Waals surface area contributed by atoms with Crippen molar-refractivity contribution in [2.45, 2.75) is 45.1 Å². The van der Waals surface area contributed by atoms with E-state index >= 15 is 0 Å². The van der Waals surface area contributed by atoms with E-state index in [-0.39, 0.29) is 17.6 Å². The van der Waals surface area contributed by atoms with E-state index < -0.39 is 11.6 Å². The number of aromatic amines is 1. The molecule has 0 unspecified atom stereocenters. The van der Waals surface area contributed by atoms with Gasteiger partial charge in [-0.3, -0.25) is 4.79 Å². The first-order valence-electron chi connectivity index (χ1n) is 10.2. The number of fused-ring (bicyclic) bond motifs is 3. The molecule has 4 rings (SSSR count). The molecule has 10 nitrogen and oxygen atoms in total. The van der Waals surface area contributed by atoms with Crippen molar-refractivity contribution < 1.29 is 14.3 Å². The van der Waals surface area contributed by atoms with Gasteiger partial charge in [0.25, 0.3) is 5.56 Å². The van der Waals surface area contributed by atoms with Crippen molar-refractivity contribution in [3.05, 3.63) is 40.3 Å². The molecule has 4 N–H and O–H groups in total. The molecule has 3 amide bonds. The third-order valence-electron chi connectivity index (χ3n) is 5.29. The summed E-state index contributed by atoms with van der Waals surface area (Å²) in [6, 6.07) is 6.13. The summed E-state index contributed by atoms with van der Waals surface area (Å²) in [5.74, 6) is 0.0466. The van der Waals surface area contributed by atoms with Crippen molar-refractivity contribution in [3.8, 4) is 0 Å². The zero-order valence-electron chi connectivity index (χ0n) is 17.8. The SMILES string of the molecule is CC(C)(C)OC(=O)N1CCC(c2cc(=O)[nH]c3c4c(NC(N)=O)cccc4nn23)CC1. The highest BCUT2D eigenvalue weighted by molar-refractivity contribution is 6.06. The first-order chi connectivity index (χ1) is 14.6. The minimum absolute atomic E-state index is 0.0466. The lowest BCUT2D eigenvalue weighted by Crippen LogP contribution is -2.41. The maximum atomic E-state index is 12.5. The Bertz CT molecular complexity index is 1210. The van der Waals surface area contributed by atoms with Crippen LogP contribution in [0, 0.1) is 0 Å². The molecule has 3 heterocycles. The van der Waals surface area contributed by atoms with Crippen molar-refractivity contribution in [2.75, 3.05) is 18.4 Å². The highest BCUT2D eigenvalue weighted by atomic mass is 16.6. The van der Waals surface area contributed by atoms with Gasteiger partial charge in [-0.05, 0) is 45.7 Å². The van der Waals surface area contributed by atoms with Gasteiger partial charge in [0.1, 0.15) is 11.2 Å². The highest BCUT2D eigenvalue weighted by Gasteiger charge is 2.29. The predicted octanol–water partition coefficient (Wildman–Crippen LogP) is 2.78. The molecule has 31 heavy (non-hydrogen) atoms. The molecule has 0 spiro atoms. The smallest absolute Gasteiger partial charge is 0.410 e. The number of ether oxygens (including phenoxy) is 1. The van der Waals surface area contributed by atoms with Crippen molar-refractivity contribution >= 4 is 34.4 Å². The van der Waals surface area contributed by atoms with Gasteiger partial charge in [-0.15, -0.1) is 0 Å². The van der Waals surface area contributed by atoms with Gasteiger partial charge in [0, 0.05) is 25.1 Å². The third kappa shape index (κ3) is 4.18. The zero-order valence-corrected chi connectivity index (χ0v) is 17.8. The molecule has 10 heteroatoms. The number of rotatable bonds is 2. The predicted molar refractivity (Wildman–Crippen MR) is 116 cm³/mol. The van der Waals surface area contributed by atoms with Crippen LogP contribution in [0.4, 0.5) is 15.3 Å². The largest absolute Gasteiger partial charge is 0.444 e. The number of anilines is 1. The number of nitrogens with two attached hydrogens (primary N) is 1. The maximum absolute atomic E-state index is 12.5. The molecular formula is C21H26N6O4. The summed E-state index contributed by atoms with van der Waals surface area (Å²) in [4.78, 5) is 40.7. The van der Waals surface area contributed by atoms with Gasteiger partial charge >= 0.3 is 12.1 Å². The summed E-state index contributed by atoms with van der Waals surface area (Å²) < 4.78 is 7.18. The molecule has 3 aromatic rings. The number of nitrogens with one attached hydrogen (secondary N) is 2. The van der Waals surface area contributed by atoms with E-state index in [0.717, 1.165) is 5.69 Å².